The molecule has 2 aromatic carbocycles. The molecule has 3 aromatic rings. The van der Waals surface area contributed by atoms with Crippen LogP contribution >= 0.6 is 0 Å². The summed E-state index contributed by atoms with van der Waals surface area (Å²) in [6.45, 7) is 1.97. The lowest BCUT2D eigenvalue weighted by atomic mass is 9.73. The van der Waals surface area contributed by atoms with Crippen LogP contribution in [0.1, 0.15) is 0 Å². The summed E-state index contributed by atoms with van der Waals surface area (Å²) < 4.78 is 0. The fraction of sp³-hybridized carbons (Fsp3) is 0.0667. The van der Waals surface area contributed by atoms with E-state index in [1.807, 2.05) is 50.5 Å². The van der Waals surface area contributed by atoms with Crippen molar-refractivity contribution in [1.29, 1.82) is 0 Å². The van der Waals surface area contributed by atoms with Crippen molar-refractivity contribution in [3.8, 4) is 0 Å². The molecule has 1 radical (unpaired) electrons. The van der Waals surface area contributed by atoms with Crippen molar-refractivity contribution in [2.24, 2.45) is 0 Å². The summed E-state index contributed by atoms with van der Waals surface area (Å²) >= 11 is 0. The Balaban J connectivity index is 2.56. The molecular formula is C15H11BNO. The average molecular weight is 232 g/mol. The van der Waals surface area contributed by atoms with E-state index in [4.69, 9.17) is 0 Å². The van der Waals surface area contributed by atoms with Gasteiger partial charge in [0.15, 0.2) is 5.43 Å². The van der Waals surface area contributed by atoms with Gasteiger partial charge in [0, 0.05) is 17.0 Å². The summed E-state index contributed by atoms with van der Waals surface area (Å²) in [7, 11) is 1.99. The van der Waals surface area contributed by atoms with Gasteiger partial charge in [-0.1, -0.05) is 36.6 Å². The van der Waals surface area contributed by atoms with E-state index in [-0.39, 0.29) is 5.43 Å². The van der Waals surface area contributed by atoms with Gasteiger partial charge in [-0.15, -0.1) is 0 Å². The fourth-order valence-electron chi connectivity index (χ4n) is 2.15. The largest absolute Gasteiger partial charge is 0.289 e. The van der Waals surface area contributed by atoms with Crippen molar-refractivity contribution in [3.05, 3.63) is 58.9 Å². The second-order valence-electron chi connectivity index (χ2n) is 4.23. The molecule has 2 nitrogen and oxygen atoms in total. The number of pyridine rings is 1. The smallest absolute Gasteiger partial charge is 0.195 e. The van der Waals surface area contributed by atoms with E-state index in [9.17, 15) is 4.79 Å². The first kappa shape index (κ1) is 11.0. The summed E-state index contributed by atoms with van der Waals surface area (Å²) in [4.78, 5) is 16.7. The minimum atomic E-state index is 0.0433. The van der Waals surface area contributed by atoms with Crippen molar-refractivity contribution in [3.63, 3.8) is 0 Å². The van der Waals surface area contributed by atoms with Gasteiger partial charge in [-0.3, -0.25) is 9.78 Å². The Labute approximate surface area is 106 Å². The molecule has 0 aliphatic carbocycles. The highest BCUT2D eigenvalue weighted by Gasteiger charge is 2.03. The third-order valence-corrected chi connectivity index (χ3v) is 3.16. The second-order valence-corrected chi connectivity index (χ2v) is 4.23. The van der Waals surface area contributed by atoms with Gasteiger partial charge >= 0.3 is 0 Å². The Morgan fingerprint density at radius 1 is 1.06 bits per heavy atom. The molecular weight excluding hydrogens is 221 g/mol. The molecule has 0 aliphatic rings. The SMILES string of the molecule is C[B]c1ccc2ccc3ncccc3c(=O)c2c1. The van der Waals surface area contributed by atoms with Gasteiger partial charge in [-0.2, -0.15) is 0 Å². The molecule has 0 saturated carbocycles. The highest BCUT2D eigenvalue weighted by Crippen LogP contribution is 2.12. The molecule has 0 fully saturated rings. The minimum Gasteiger partial charge on any atom is -0.289 e. The van der Waals surface area contributed by atoms with Crippen molar-refractivity contribution < 1.29 is 0 Å². The van der Waals surface area contributed by atoms with Crippen molar-refractivity contribution >= 4 is 34.4 Å². The van der Waals surface area contributed by atoms with E-state index in [0.29, 0.717) is 5.39 Å². The molecule has 0 aliphatic heterocycles. The standard InChI is InChI=1S/C15H11BNO/c1-16-11-6-4-10-5-7-14-12(3-2-8-17-14)15(18)13(10)9-11/h2-9H,1H3. The Kier molecular flexibility index (Phi) is 2.60. The highest BCUT2D eigenvalue weighted by molar-refractivity contribution is 6.52. The van der Waals surface area contributed by atoms with Crippen LogP contribution in [-0.4, -0.2) is 12.3 Å². The predicted octanol–water partition coefficient (Wildman–Crippen LogP) is 2.13. The summed E-state index contributed by atoms with van der Waals surface area (Å²) in [5.41, 5.74) is 1.84. The van der Waals surface area contributed by atoms with Crippen LogP contribution in [0, 0.1) is 0 Å². The fourth-order valence-corrected chi connectivity index (χ4v) is 2.15. The van der Waals surface area contributed by atoms with E-state index in [2.05, 4.69) is 4.98 Å². The monoisotopic (exact) mass is 232 g/mol. The lowest BCUT2D eigenvalue weighted by molar-refractivity contribution is 1.42. The molecule has 0 spiro atoms. The topological polar surface area (TPSA) is 30.0 Å². The van der Waals surface area contributed by atoms with Crippen LogP contribution in [0.4, 0.5) is 0 Å². The maximum atomic E-state index is 12.5. The molecule has 0 N–H and O–H groups in total. The van der Waals surface area contributed by atoms with Crippen molar-refractivity contribution in [2.75, 3.05) is 0 Å². The maximum Gasteiger partial charge on any atom is 0.195 e. The van der Waals surface area contributed by atoms with Crippen LogP contribution in [-0.2, 0) is 0 Å². The molecule has 0 amide bonds. The van der Waals surface area contributed by atoms with Crippen molar-refractivity contribution in [1.82, 2.24) is 4.98 Å². The Morgan fingerprint density at radius 3 is 2.72 bits per heavy atom. The van der Waals surface area contributed by atoms with Gasteiger partial charge in [0.05, 0.1) is 5.52 Å². The quantitative estimate of drug-likeness (QED) is 0.601. The third-order valence-electron chi connectivity index (χ3n) is 3.16. The predicted molar refractivity (Wildman–Crippen MR) is 76.8 cm³/mol. The molecule has 1 heterocycles. The Hall–Kier alpha value is -2.16. The first-order valence-electron chi connectivity index (χ1n) is 5.91. The number of benzene rings is 1. The van der Waals surface area contributed by atoms with E-state index in [1.165, 1.54) is 0 Å². The molecule has 85 valence electrons. The molecule has 3 rings (SSSR count). The van der Waals surface area contributed by atoms with Gasteiger partial charge in [-0.05, 0) is 23.6 Å². The van der Waals surface area contributed by atoms with Crippen LogP contribution in [0.15, 0.2) is 53.5 Å². The van der Waals surface area contributed by atoms with Crippen LogP contribution in [0.25, 0.3) is 21.7 Å². The number of aromatic nitrogens is 1. The molecule has 0 saturated heterocycles. The van der Waals surface area contributed by atoms with E-state index in [1.54, 1.807) is 12.3 Å². The first-order chi connectivity index (χ1) is 8.79. The first-order valence-corrected chi connectivity index (χ1v) is 5.91. The number of fused-ring (bicyclic) bond motifs is 2. The van der Waals surface area contributed by atoms with E-state index >= 15 is 0 Å². The molecule has 18 heavy (non-hydrogen) atoms. The van der Waals surface area contributed by atoms with E-state index in [0.717, 1.165) is 21.8 Å². The van der Waals surface area contributed by atoms with Gasteiger partial charge in [-0.25, -0.2) is 0 Å². The number of hydrogen-bond acceptors (Lipinski definition) is 2. The summed E-state index contributed by atoms with van der Waals surface area (Å²) in [5, 5.41) is 2.36. The zero-order valence-corrected chi connectivity index (χ0v) is 10.1. The van der Waals surface area contributed by atoms with Crippen LogP contribution < -0.4 is 10.9 Å². The third kappa shape index (κ3) is 1.68. The second kappa shape index (κ2) is 4.26. The van der Waals surface area contributed by atoms with Gasteiger partial charge in [0.25, 0.3) is 0 Å². The number of hydrogen-bond donors (Lipinski definition) is 0. The van der Waals surface area contributed by atoms with Gasteiger partial charge in [0.2, 0.25) is 0 Å². The molecule has 1 aromatic heterocycles. The molecule has 0 atom stereocenters. The van der Waals surface area contributed by atoms with Crippen molar-refractivity contribution in [2.45, 2.75) is 6.82 Å². The average Bonchev–Trinajstić information content (AvgIpc) is 2.57. The molecule has 0 unspecified atom stereocenters. The minimum absolute atomic E-state index is 0.0433. The number of rotatable bonds is 1. The van der Waals surface area contributed by atoms with E-state index < -0.39 is 0 Å². The summed E-state index contributed by atoms with van der Waals surface area (Å²) in [6.07, 6.45) is 1.71. The number of nitrogens with zero attached hydrogens (tertiary/aromatic N) is 1. The van der Waals surface area contributed by atoms with Crippen LogP contribution in [0.2, 0.25) is 6.82 Å². The summed E-state index contributed by atoms with van der Waals surface area (Å²) in [6, 6.07) is 13.4. The zero-order chi connectivity index (χ0) is 12.5. The highest BCUT2D eigenvalue weighted by atomic mass is 16.1. The van der Waals surface area contributed by atoms with Crippen LogP contribution in [0.3, 0.4) is 0 Å². The Bertz CT molecular complexity index is 799. The lowest BCUT2D eigenvalue weighted by Crippen LogP contribution is -2.11. The molecule has 0 bridgehead atoms. The summed E-state index contributed by atoms with van der Waals surface area (Å²) in [5.74, 6) is 0. The van der Waals surface area contributed by atoms with Gasteiger partial charge in [0.1, 0.15) is 7.28 Å². The molecule has 3 heteroatoms. The van der Waals surface area contributed by atoms with Crippen LogP contribution in [0.5, 0.6) is 0 Å². The van der Waals surface area contributed by atoms with Gasteiger partial charge < -0.3 is 0 Å². The normalized spacial score (nSPS) is 10.7. The maximum absolute atomic E-state index is 12.5. The zero-order valence-electron chi connectivity index (χ0n) is 10.1. The lowest BCUT2D eigenvalue weighted by Gasteiger charge is -1.96. The Morgan fingerprint density at radius 2 is 1.89 bits per heavy atom.